The maximum atomic E-state index is 12.4. The number of nitrogens with zero attached hydrogens (tertiary/aromatic N) is 1. The molecular formula is C14H23N3O2S. The Morgan fingerprint density at radius 2 is 2.00 bits per heavy atom. The van der Waals surface area contributed by atoms with Gasteiger partial charge in [0.1, 0.15) is 4.90 Å². The minimum Gasteiger partial charge on any atom is -0.387 e. The molecule has 1 aliphatic carbocycles. The van der Waals surface area contributed by atoms with Gasteiger partial charge in [0.15, 0.2) is 0 Å². The van der Waals surface area contributed by atoms with E-state index in [0.717, 1.165) is 31.6 Å². The third kappa shape index (κ3) is 3.49. The third-order valence-corrected chi connectivity index (χ3v) is 5.64. The van der Waals surface area contributed by atoms with Crippen molar-refractivity contribution in [2.24, 2.45) is 5.92 Å². The van der Waals surface area contributed by atoms with Crippen LogP contribution in [0.1, 0.15) is 39.0 Å². The molecule has 112 valence electrons. The number of anilines is 1. The predicted octanol–water partition coefficient (Wildman–Crippen LogP) is 2.37. The summed E-state index contributed by atoms with van der Waals surface area (Å²) in [5.41, 5.74) is 0.578. The topological polar surface area (TPSA) is 71.1 Å². The first-order valence-electron chi connectivity index (χ1n) is 7.21. The summed E-state index contributed by atoms with van der Waals surface area (Å²) >= 11 is 0. The van der Waals surface area contributed by atoms with Crippen LogP contribution in [0, 0.1) is 5.92 Å². The van der Waals surface area contributed by atoms with E-state index in [2.05, 4.69) is 21.9 Å². The van der Waals surface area contributed by atoms with Crippen molar-refractivity contribution in [1.29, 1.82) is 0 Å². The second kappa shape index (κ2) is 6.54. The molecule has 1 saturated carbocycles. The summed E-state index contributed by atoms with van der Waals surface area (Å²) in [5, 5.41) is 2.90. The third-order valence-electron chi connectivity index (χ3n) is 4.09. The molecular weight excluding hydrogens is 274 g/mol. The summed E-state index contributed by atoms with van der Waals surface area (Å²) in [6.45, 7) is 2.20. The fourth-order valence-electron chi connectivity index (χ4n) is 2.77. The van der Waals surface area contributed by atoms with Gasteiger partial charge in [-0.25, -0.2) is 13.1 Å². The molecule has 1 aromatic rings. The van der Waals surface area contributed by atoms with E-state index in [0.29, 0.717) is 5.69 Å². The number of hydrogen-bond donors (Lipinski definition) is 2. The number of aromatic nitrogens is 1. The Balaban J connectivity index is 2.08. The summed E-state index contributed by atoms with van der Waals surface area (Å²) in [7, 11) is -1.79. The fraction of sp³-hybridized carbons (Fsp3) is 0.643. The highest BCUT2D eigenvalue weighted by atomic mass is 32.2. The largest absolute Gasteiger partial charge is 0.387 e. The number of pyridine rings is 1. The lowest BCUT2D eigenvalue weighted by molar-refractivity contribution is 0.306. The van der Waals surface area contributed by atoms with Crippen LogP contribution in [0.3, 0.4) is 0 Å². The highest BCUT2D eigenvalue weighted by Crippen LogP contribution is 2.28. The van der Waals surface area contributed by atoms with Crippen molar-refractivity contribution in [1.82, 2.24) is 9.71 Å². The minimum absolute atomic E-state index is 0.0488. The van der Waals surface area contributed by atoms with Crippen LogP contribution in [0.2, 0.25) is 0 Å². The maximum Gasteiger partial charge on any atom is 0.244 e. The fourth-order valence-corrected chi connectivity index (χ4v) is 4.23. The number of sulfonamides is 1. The zero-order chi connectivity index (χ0) is 14.6. The summed E-state index contributed by atoms with van der Waals surface area (Å²) in [4.78, 5) is 4.14. The van der Waals surface area contributed by atoms with E-state index < -0.39 is 10.0 Å². The molecule has 0 aromatic carbocycles. The van der Waals surface area contributed by atoms with Crippen LogP contribution in [0.5, 0.6) is 0 Å². The first-order valence-corrected chi connectivity index (χ1v) is 8.69. The van der Waals surface area contributed by atoms with Crippen LogP contribution in [-0.4, -0.2) is 26.5 Å². The molecule has 6 heteroatoms. The van der Waals surface area contributed by atoms with Crippen molar-refractivity contribution in [3.05, 3.63) is 18.5 Å². The van der Waals surface area contributed by atoms with Crippen molar-refractivity contribution < 1.29 is 8.42 Å². The van der Waals surface area contributed by atoms with E-state index in [1.165, 1.54) is 12.6 Å². The Hall–Kier alpha value is -1.14. The zero-order valence-corrected chi connectivity index (χ0v) is 12.9. The van der Waals surface area contributed by atoms with Crippen LogP contribution >= 0.6 is 0 Å². The predicted molar refractivity (Wildman–Crippen MR) is 80.1 cm³/mol. The second-order valence-electron chi connectivity index (χ2n) is 5.37. The summed E-state index contributed by atoms with van der Waals surface area (Å²) in [6.07, 6.45) is 8.22. The van der Waals surface area contributed by atoms with E-state index in [9.17, 15) is 8.42 Å². The molecule has 1 aromatic heterocycles. The highest BCUT2D eigenvalue weighted by Gasteiger charge is 2.26. The van der Waals surface area contributed by atoms with Crippen molar-refractivity contribution in [2.75, 3.05) is 12.4 Å². The van der Waals surface area contributed by atoms with Gasteiger partial charge in [-0.3, -0.25) is 4.98 Å². The van der Waals surface area contributed by atoms with Gasteiger partial charge in [0.05, 0.1) is 5.69 Å². The zero-order valence-electron chi connectivity index (χ0n) is 12.1. The van der Waals surface area contributed by atoms with Gasteiger partial charge in [0, 0.05) is 25.5 Å². The van der Waals surface area contributed by atoms with E-state index in [1.807, 2.05) is 0 Å². The van der Waals surface area contributed by atoms with E-state index in [1.54, 1.807) is 19.3 Å². The number of hydrogen-bond acceptors (Lipinski definition) is 4. The Morgan fingerprint density at radius 3 is 2.60 bits per heavy atom. The molecule has 1 heterocycles. The molecule has 0 bridgehead atoms. The van der Waals surface area contributed by atoms with Crippen LogP contribution in [0.4, 0.5) is 5.69 Å². The van der Waals surface area contributed by atoms with Crippen molar-refractivity contribution in [2.45, 2.75) is 50.0 Å². The number of nitrogens with one attached hydrogen (secondary N) is 2. The SMILES string of the molecule is CCC1CCC(NS(=O)(=O)c2cnccc2NC)CC1. The smallest absolute Gasteiger partial charge is 0.244 e. The first kappa shape index (κ1) is 15.3. The lowest BCUT2D eigenvalue weighted by atomic mass is 9.85. The molecule has 1 fully saturated rings. The lowest BCUT2D eigenvalue weighted by Crippen LogP contribution is -2.37. The Labute approximate surface area is 121 Å². The monoisotopic (exact) mass is 297 g/mol. The Morgan fingerprint density at radius 1 is 1.30 bits per heavy atom. The van der Waals surface area contributed by atoms with Gasteiger partial charge in [-0.05, 0) is 37.7 Å². The molecule has 2 rings (SSSR count). The van der Waals surface area contributed by atoms with Gasteiger partial charge in [0.25, 0.3) is 0 Å². The molecule has 0 atom stereocenters. The van der Waals surface area contributed by atoms with E-state index >= 15 is 0 Å². The first-order chi connectivity index (χ1) is 9.56. The Bertz CT molecular complexity index is 537. The van der Waals surface area contributed by atoms with E-state index in [-0.39, 0.29) is 10.9 Å². The average molecular weight is 297 g/mol. The van der Waals surface area contributed by atoms with Gasteiger partial charge in [-0.1, -0.05) is 13.3 Å². The van der Waals surface area contributed by atoms with Gasteiger partial charge in [-0.15, -0.1) is 0 Å². The summed E-state index contributed by atoms with van der Waals surface area (Å²) < 4.78 is 27.7. The van der Waals surface area contributed by atoms with Crippen LogP contribution in [0.15, 0.2) is 23.4 Å². The summed E-state index contributed by atoms with van der Waals surface area (Å²) in [5.74, 6) is 0.752. The Kier molecular flexibility index (Phi) is 4.99. The van der Waals surface area contributed by atoms with Gasteiger partial charge < -0.3 is 5.32 Å². The van der Waals surface area contributed by atoms with Crippen LogP contribution < -0.4 is 10.0 Å². The lowest BCUT2D eigenvalue weighted by Gasteiger charge is -2.28. The van der Waals surface area contributed by atoms with E-state index in [4.69, 9.17) is 0 Å². The van der Waals surface area contributed by atoms with Gasteiger partial charge in [0.2, 0.25) is 10.0 Å². The minimum atomic E-state index is -3.50. The summed E-state index contributed by atoms with van der Waals surface area (Å²) in [6, 6.07) is 1.72. The van der Waals surface area contributed by atoms with Gasteiger partial charge >= 0.3 is 0 Å². The molecule has 0 aliphatic heterocycles. The average Bonchev–Trinajstić information content (AvgIpc) is 2.47. The molecule has 0 amide bonds. The number of rotatable bonds is 5. The normalized spacial score (nSPS) is 23.5. The molecule has 1 aliphatic rings. The molecule has 2 N–H and O–H groups in total. The molecule has 0 radical (unpaired) electrons. The highest BCUT2D eigenvalue weighted by molar-refractivity contribution is 7.89. The maximum absolute atomic E-state index is 12.4. The van der Waals surface area contributed by atoms with Crippen molar-refractivity contribution >= 4 is 15.7 Å². The van der Waals surface area contributed by atoms with Crippen molar-refractivity contribution in [3.63, 3.8) is 0 Å². The van der Waals surface area contributed by atoms with Crippen LogP contribution in [-0.2, 0) is 10.0 Å². The second-order valence-corrected chi connectivity index (χ2v) is 7.05. The van der Waals surface area contributed by atoms with Crippen LogP contribution in [0.25, 0.3) is 0 Å². The molecule has 5 nitrogen and oxygen atoms in total. The molecule has 0 unspecified atom stereocenters. The molecule has 0 spiro atoms. The molecule has 0 saturated heterocycles. The van der Waals surface area contributed by atoms with Crippen molar-refractivity contribution in [3.8, 4) is 0 Å². The quantitative estimate of drug-likeness (QED) is 0.875. The standard InChI is InChI=1S/C14H23N3O2S/c1-3-11-4-6-12(7-5-11)17-20(18,19)14-10-16-9-8-13(14)15-2/h8-12,17H,3-7H2,1-2H3,(H,15,16). The van der Waals surface area contributed by atoms with Gasteiger partial charge in [-0.2, -0.15) is 0 Å². The molecule has 20 heavy (non-hydrogen) atoms.